The standard InChI is InChI=1S/C33H42FNO10/c1-19-12-28(38)33(34)25(9-8-22-15-23(36)10-11-32(22,33)4)24(19)16-27-30(45-31(2,3)44-27)26(37)18-42-29(39)14-20-6-5-7-21(13-20)17-43-35(40)41/h5-7,10-11,13,15,19,24-25,27-28,30,38,40-41H,8-9,12,14,16-18H2,1-4H3/t19-,24-,25?,27-,28+,30-,32+,33+/m1/s1. The van der Waals surface area contributed by atoms with Crippen LogP contribution in [-0.4, -0.2) is 74.8 Å². The van der Waals surface area contributed by atoms with Crippen molar-refractivity contribution < 1.29 is 53.3 Å². The first-order valence-electron chi connectivity index (χ1n) is 15.4. The molecule has 12 heteroatoms. The van der Waals surface area contributed by atoms with Crippen molar-refractivity contribution in [3.8, 4) is 0 Å². The van der Waals surface area contributed by atoms with Gasteiger partial charge in [-0.05, 0) is 81.6 Å². The van der Waals surface area contributed by atoms with E-state index in [0.29, 0.717) is 36.0 Å². The predicted molar refractivity (Wildman–Crippen MR) is 155 cm³/mol. The van der Waals surface area contributed by atoms with Crippen LogP contribution in [0.3, 0.4) is 0 Å². The number of hydrogen-bond acceptors (Lipinski definition) is 11. The summed E-state index contributed by atoms with van der Waals surface area (Å²) in [5.74, 6) is -3.26. The van der Waals surface area contributed by atoms with E-state index in [1.165, 1.54) is 12.2 Å². The summed E-state index contributed by atoms with van der Waals surface area (Å²) in [6.45, 7) is 6.45. The van der Waals surface area contributed by atoms with Gasteiger partial charge in [0.1, 0.15) is 6.10 Å². The topological polar surface area (TPSA) is 152 Å². The molecule has 8 atom stereocenters. The molecule has 0 amide bonds. The normalized spacial score (nSPS) is 35.5. The highest BCUT2D eigenvalue weighted by Crippen LogP contribution is 2.63. The lowest BCUT2D eigenvalue weighted by Gasteiger charge is -2.60. The van der Waals surface area contributed by atoms with Crippen molar-refractivity contribution >= 4 is 17.5 Å². The molecule has 1 aromatic rings. The molecule has 5 rings (SSSR count). The zero-order valence-electron chi connectivity index (χ0n) is 26.0. The van der Waals surface area contributed by atoms with E-state index in [4.69, 9.17) is 24.6 Å². The van der Waals surface area contributed by atoms with E-state index < -0.39 is 64.8 Å². The number of carbonyl (C=O) groups is 3. The number of rotatable bonds is 10. The molecule has 3 N–H and O–H groups in total. The van der Waals surface area contributed by atoms with Crippen LogP contribution in [-0.2, 0) is 46.5 Å². The average molecular weight is 632 g/mol. The van der Waals surface area contributed by atoms with Crippen LogP contribution in [0.25, 0.3) is 0 Å². The Labute approximate surface area is 261 Å². The summed E-state index contributed by atoms with van der Waals surface area (Å²) in [6, 6.07) is 6.68. The second kappa shape index (κ2) is 12.7. The van der Waals surface area contributed by atoms with Crippen molar-refractivity contribution in [1.29, 1.82) is 0 Å². The van der Waals surface area contributed by atoms with Gasteiger partial charge in [0, 0.05) is 11.3 Å². The Bertz CT molecular complexity index is 1380. The van der Waals surface area contributed by atoms with E-state index in [1.807, 2.05) is 6.92 Å². The third-order valence-electron chi connectivity index (χ3n) is 10.0. The molecule has 0 aromatic heterocycles. The lowest BCUT2D eigenvalue weighted by atomic mass is 9.47. The van der Waals surface area contributed by atoms with E-state index in [1.54, 1.807) is 51.1 Å². The number of aliphatic hydroxyl groups excluding tert-OH is 1. The molecule has 45 heavy (non-hydrogen) atoms. The smallest absolute Gasteiger partial charge is 0.310 e. The fourth-order valence-electron chi connectivity index (χ4n) is 7.91. The Morgan fingerprint density at radius 3 is 2.62 bits per heavy atom. The van der Waals surface area contributed by atoms with E-state index in [9.17, 15) is 19.5 Å². The predicted octanol–water partition coefficient (Wildman–Crippen LogP) is 3.97. The van der Waals surface area contributed by atoms with E-state index in [2.05, 4.69) is 4.84 Å². The molecule has 4 aliphatic rings. The number of ether oxygens (including phenoxy) is 3. The van der Waals surface area contributed by atoms with Gasteiger partial charge in [-0.25, -0.2) is 9.23 Å². The van der Waals surface area contributed by atoms with Crippen LogP contribution in [0, 0.1) is 23.2 Å². The number of aliphatic hydroxyl groups is 1. The quantitative estimate of drug-likeness (QED) is 0.254. The number of Topliss-reactive ketones (excluding diaryl/α,β-unsaturated/α-hetero) is 1. The second-order valence-corrected chi connectivity index (χ2v) is 13.4. The van der Waals surface area contributed by atoms with Gasteiger partial charge in [0.2, 0.25) is 5.78 Å². The number of halogens is 1. The zero-order valence-corrected chi connectivity index (χ0v) is 26.0. The molecule has 1 aromatic carbocycles. The van der Waals surface area contributed by atoms with Crippen molar-refractivity contribution in [3.63, 3.8) is 0 Å². The van der Waals surface area contributed by atoms with Crippen molar-refractivity contribution in [3.05, 3.63) is 59.2 Å². The number of hydrogen-bond donors (Lipinski definition) is 3. The molecule has 0 spiro atoms. The number of esters is 1. The van der Waals surface area contributed by atoms with Crippen LogP contribution >= 0.6 is 0 Å². The van der Waals surface area contributed by atoms with Crippen molar-refractivity contribution in [2.24, 2.45) is 23.2 Å². The summed E-state index contributed by atoms with van der Waals surface area (Å²) in [7, 11) is 0. The van der Waals surface area contributed by atoms with Crippen LogP contribution in [0.1, 0.15) is 64.5 Å². The Morgan fingerprint density at radius 1 is 1.16 bits per heavy atom. The highest BCUT2D eigenvalue weighted by molar-refractivity contribution is 6.01. The highest BCUT2D eigenvalue weighted by atomic mass is 19.1. The number of alkyl halides is 1. The van der Waals surface area contributed by atoms with Gasteiger partial charge in [-0.2, -0.15) is 0 Å². The largest absolute Gasteiger partial charge is 0.457 e. The molecule has 3 fully saturated rings. The molecule has 1 unspecified atom stereocenters. The van der Waals surface area contributed by atoms with E-state index >= 15 is 4.39 Å². The summed E-state index contributed by atoms with van der Waals surface area (Å²) in [5.41, 5.74) is -1.27. The van der Waals surface area contributed by atoms with Gasteiger partial charge in [0.25, 0.3) is 0 Å². The van der Waals surface area contributed by atoms with Gasteiger partial charge in [0.05, 0.1) is 30.6 Å². The molecule has 246 valence electrons. The first kappa shape index (κ1) is 33.5. The number of allylic oxidation sites excluding steroid dienone is 4. The number of nitrogens with zero attached hydrogens (tertiary/aromatic N) is 1. The van der Waals surface area contributed by atoms with Gasteiger partial charge < -0.3 is 19.3 Å². The molecule has 2 saturated carbocycles. The van der Waals surface area contributed by atoms with Crippen molar-refractivity contribution in [2.75, 3.05) is 6.61 Å². The van der Waals surface area contributed by atoms with Crippen molar-refractivity contribution in [1.82, 2.24) is 5.39 Å². The minimum Gasteiger partial charge on any atom is -0.457 e. The first-order valence-corrected chi connectivity index (χ1v) is 15.4. The first-order chi connectivity index (χ1) is 21.1. The fraction of sp³-hybridized carbons (Fsp3) is 0.606. The zero-order chi connectivity index (χ0) is 32.7. The van der Waals surface area contributed by atoms with Gasteiger partial charge in [-0.1, -0.05) is 42.8 Å². The Balaban J connectivity index is 1.26. The van der Waals surface area contributed by atoms with Crippen LogP contribution in [0.2, 0.25) is 0 Å². The van der Waals surface area contributed by atoms with Gasteiger partial charge in [-0.15, -0.1) is 0 Å². The third kappa shape index (κ3) is 6.69. The third-order valence-corrected chi connectivity index (χ3v) is 10.0. The lowest BCUT2D eigenvalue weighted by Crippen LogP contribution is -2.65. The Kier molecular flexibility index (Phi) is 9.50. The second-order valence-electron chi connectivity index (χ2n) is 13.4. The maximum atomic E-state index is 17.4. The highest BCUT2D eigenvalue weighted by Gasteiger charge is 2.66. The summed E-state index contributed by atoms with van der Waals surface area (Å²) in [6.07, 6.45) is 2.88. The van der Waals surface area contributed by atoms with Crippen molar-refractivity contribution in [2.45, 2.75) is 96.2 Å². The van der Waals surface area contributed by atoms with E-state index in [0.717, 1.165) is 0 Å². The maximum Gasteiger partial charge on any atom is 0.310 e. The summed E-state index contributed by atoms with van der Waals surface area (Å²) < 4.78 is 34.9. The molecular weight excluding hydrogens is 589 g/mol. The molecule has 1 heterocycles. The molecule has 0 radical (unpaired) electrons. The Hall–Kier alpha value is -2.84. The minimum absolute atomic E-state index is 0.0721. The molecule has 3 aliphatic carbocycles. The van der Waals surface area contributed by atoms with E-state index in [-0.39, 0.29) is 37.1 Å². The number of benzene rings is 1. The molecule has 1 saturated heterocycles. The summed E-state index contributed by atoms with van der Waals surface area (Å²) in [5, 5.41) is 28.2. The van der Waals surface area contributed by atoms with Crippen LogP contribution in [0.5, 0.6) is 0 Å². The SMILES string of the molecule is C[C@@H]1C[C@H](O)[C@@]2(F)C(CCC3=CC(=O)C=C[C@@]32C)[C@@H]1C[C@H]1OC(C)(C)O[C@@H]1C(=O)COC(=O)Cc1cccc(CON(O)O)c1. The monoisotopic (exact) mass is 631 g/mol. The summed E-state index contributed by atoms with van der Waals surface area (Å²) in [4.78, 5) is 42.7. The number of ketones is 2. The van der Waals surface area contributed by atoms with Crippen LogP contribution in [0.4, 0.5) is 4.39 Å². The Morgan fingerprint density at radius 2 is 1.89 bits per heavy atom. The van der Waals surface area contributed by atoms with Crippen LogP contribution < -0.4 is 0 Å². The molecule has 1 aliphatic heterocycles. The number of fused-ring (bicyclic) bond motifs is 3. The minimum atomic E-state index is -2.01. The number of carbonyl (C=O) groups excluding carboxylic acids is 3. The molecular formula is C33H42FNO10. The maximum absolute atomic E-state index is 17.4. The van der Waals surface area contributed by atoms with Gasteiger partial charge in [0.15, 0.2) is 23.8 Å². The molecule has 11 nitrogen and oxygen atoms in total. The fourth-order valence-corrected chi connectivity index (χ4v) is 7.91. The lowest BCUT2D eigenvalue weighted by molar-refractivity contribution is -0.497. The molecule has 0 bridgehead atoms. The average Bonchev–Trinajstić information content (AvgIpc) is 3.28. The van der Waals surface area contributed by atoms with Gasteiger partial charge in [-0.3, -0.25) is 24.8 Å². The van der Waals surface area contributed by atoms with Crippen LogP contribution in [0.15, 0.2) is 48.1 Å². The van der Waals surface area contributed by atoms with Gasteiger partial charge >= 0.3 is 5.97 Å². The summed E-state index contributed by atoms with van der Waals surface area (Å²) >= 11 is 0.